The van der Waals surface area contributed by atoms with Gasteiger partial charge >= 0.3 is 11.9 Å². The minimum atomic E-state index is -1.50. The first kappa shape index (κ1) is 19.6. The maximum atomic E-state index is 12.3. The zero-order chi connectivity index (χ0) is 19.3. The Morgan fingerprint density at radius 1 is 1.27 bits per heavy atom. The molecule has 9 heteroatoms. The molecule has 1 aromatic carbocycles. The highest BCUT2D eigenvalue weighted by atomic mass is 16.9. The molecular formula is C17H22N2O7. The highest BCUT2D eigenvalue weighted by molar-refractivity contribution is 5.89. The fourth-order valence-corrected chi connectivity index (χ4v) is 3.77. The normalized spacial score (nSPS) is 27.0. The number of rotatable bonds is 3. The molecule has 3 rings (SSSR count). The number of methoxy groups -OCH3 is 1. The Labute approximate surface area is 150 Å². The van der Waals surface area contributed by atoms with E-state index >= 15 is 0 Å². The summed E-state index contributed by atoms with van der Waals surface area (Å²) in [6.07, 6.45) is 2.26. The van der Waals surface area contributed by atoms with Crippen LogP contribution in [0.1, 0.15) is 29.6 Å². The minimum Gasteiger partial charge on any atom is -0.469 e. The molecule has 0 unspecified atom stereocenters. The molecule has 26 heavy (non-hydrogen) atoms. The van der Waals surface area contributed by atoms with E-state index in [1.165, 1.54) is 7.11 Å². The number of fused-ring (bicyclic) bond motifs is 2. The molecule has 2 fully saturated rings. The molecule has 0 spiro atoms. The van der Waals surface area contributed by atoms with Gasteiger partial charge in [0, 0.05) is 18.5 Å². The van der Waals surface area contributed by atoms with Gasteiger partial charge in [0.15, 0.2) is 0 Å². The molecule has 2 heterocycles. The van der Waals surface area contributed by atoms with Crippen LogP contribution in [-0.4, -0.2) is 59.5 Å². The average Bonchev–Trinajstić information content (AvgIpc) is 2.85. The van der Waals surface area contributed by atoms with E-state index < -0.39 is 17.1 Å². The number of piperidine rings is 1. The van der Waals surface area contributed by atoms with Gasteiger partial charge in [-0.15, -0.1) is 10.1 Å². The molecular weight excluding hydrogens is 344 g/mol. The lowest BCUT2D eigenvalue weighted by Gasteiger charge is -2.40. The van der Waals surface area contributed by atoms with Crippen LogP contribution in [0.15, 0.2) is 30.3 Å². The predicted octanol–water partition coefficient (Wildman–Crippen LogP) is 1.52. The van der Waals surface area contributed by atoms with Crippen molar-refractivity contribution in [1.82, 2.24) is 4.90 Å². The van der Waals surface area contributed by atoms with Crippen LogP contribution in [0.5, 0.6) is 0 Å². The molecule has 9 nitrogen and oxygen atoms in total. The summed E-state index contributed by atoms with van der Waals surface area (Å²) in [6, 6.07) is 9.36. The van der Waals surface area contributed by atoms with Gasteiger partial charge in [0.05, 0.1) is 12.7 Å². The number of nitrogens with zero attached hydrogens (tertiary/aromatic N) is 2. The summed E-state index contributed by atoms with van der Waals surface area (Å²) in [5.74, 6) is -1.06. The standard InChI is InChI=1S/C17H21NO4.HNO3/c1-18-12-8-9-13(18)15(17(20)21-2)14(10-12)22-16(19)11-6-4-3-5-7-11;2-1(3)4/h3-7,12-15H,8-10H2,1-2H3;(H,2,3,4)/t12-,13+,14-,15+;/m0./s1. The van der Waals surface area contributed by atoms with Crippen LogP contribution >= 0.6 is 0 Å². The first-order valence-electron chi connectivity index (χ1n) is 8.24. The quantitative estimate of drug-likeness (QED) is 0.486. The van der Waals surface area contributed by atoms with Crippen molar-refractivity contribution < 1.29 is 29.4 Å². The Morgan fingerprint density at radius 3 is 2.46 bits per heavy atom. The van der Waals surface area contributed by atoms with Gasteiger partial charge in [-0.1, -0.05) is 18.2 Å². The highest BCUT2D eigenvalue weighted by Gasteiger charge is 2.50. The van der Waals surface area contributed by atoms with Crippen LogP contribution in [0, 0.1) is 16.0 Å². The number of hydrogen-bond acceptors (Lipinski definition) is 7. The van der Waals surface area contributed by atoms with Gasteiger partial charge in [-0.25, -0.2) is 4.79 Å². The van der Waals surface area contributed by atoms with Crippen molar-refractivity contribution >= 4 is 11.9 Å². The van der Waals surface area contributed by atoms with Gasteiger partial charge in [0.2, 0.25) is 0 Å². The summed E-state index contributed by atoms with van der Waals surface area (Å²) < 4.78 is 10.6. The molecule has 0 radical (unpaired) electrons. The second kappa shape index (κ2) is 8.61. The van der Waals surface area contributed by atoms with Crippen molar-refractivity contribution in [3.05, 3.63) is 46.0 Å². The van der Waals surface area contributed by atoms with Crippen LogP contribution in [0.4, 0.5) is 0 Å². The van der Waals surface area contributed by atoms with Crippen LogP contribution in [0.2, 0.25) is 0 Å². The largest absolute Gasteiger partial charge is 0.469 e. The molecule has 1 N–H and O–H groups in total. The lowest BCUT2D eigenvalue weighted by molar-refractivity contribution is -0.742. The molecule has 1 aromatic rings. The van der Waals surface area contributed by atoms with Crippen molar-refractivity contribution in [2.75, 3.05) is 14.2 Å². The molecule has 0 aliphatic carbocycles. The third-order valence-electron chi connectivity index (χ3n) is 4.96. The Bertz CT molecular complexity index is 648. The average molecular weight is 366 g/mol. The van der Waals surface area contributed by atoms with Gasteiger partial charge in [-0.05, 0) is 32.0 Å². The summed E-state index contributed by atoms with van der Waals surface area (Å²) in [5.41, 5.74) is 0.511. The van der Waals surface area contributed by atoms with Gasteiger partial charge < -0.3 is 14.7 Å². The van der Waals surface area contributed by atoms with E-state index in [9.17, 15) is 9.59 Å². The second-order valence-electron chi connectivity index (χ2n) is 6.30. The third-order valence-corrected chi connectivity index (χ3v) is 4.96. The van der Waals surface area contributed by atoms with Crippen molar-refractivity contribution in [2.45, 2.75) is 37.5 Å². The molecule has 2 bridgehead atoms. The minimum absolute atomic E-state index is 0.0970. The Morgan fingerprint density at radius 2 is 1.88 bits per heavy atom. The fraction of sp³-hybridized carbons (Fsp3) is 0.529. The molecule has 142 valence electrons. The molecule has 0 aromatic heterocycles. The van der Waals surface area contributed by atoms with Crippen molar-refractivity contribution in [3.63, 3.8) is 0 Å². The molecule has 4 atom stereocenters. The van der Waals surface area contributed by atoms with Crippen LogP contribution in [0.3, 0.4) is 0 Å². The summed E-state index contributed by atoms with van der Waals surface area (Å²) in [4.78, 5) is 35.1. The van der Waals surface area contributed by atoms with Gasteiger partial charge in [-0.3, -0.25) is 9.69 Å². The highest BCUT2D eigenvalue weighted by Crippen LogP contribution is 2.40. The number of hydrogen-bond donors (Lipinski definition) is 1. The van der Waals surface area contributed by atoms with Crippen LogP contribution in [-0.2, 0) is 14.3 Å². The topological polar surface area (TPSA) is 119 Å². The summed E-state index contributed by atoms with van der Waals surface area (Å²) in [7, 11) is 3.42. The van der Waals surface area contributed by atoms with E-state index in [1.807, 2.05) is 13.1 Å². The zero-order valence-electron chi connectivity index (χ0n) is 14.6. The van der Waals surface area contributed by atoms with E-state index in [0.29, 0.717) is 18.0 Å². The summed E-state index contributed by atoms with van der Waals surface area (Å²) in [5, 5.41) is 13.6. The van der Waals surface area contributed by atoms with E-state index in [2.05, 4.69) is 4.90 Å². The fourth-order valence-electron chi connectivity index (χ4n) is 3.77. The van der Waals surface area contributed by atoms with E-state index in [-0.39, 0.29) is 18.0 Å². The molecule has 0 amide bonds. The van der Waals surface area contributed by atoms with Crippen LogP contribution < -0.4 is 0 Å². The van der Waals surface area contributed by atoms with Crippen molar-refractivity contribution in [2.24, 2.45) is 5.92 Å². The van der Waals surface area contributed by atoms with Gasteiger partial charge in [0.1, 0.15) is 12.0 Å². The Balaban J connectivity index is 0.000000552. The first-order chi connectivity index (χ1) is 12.3. The van der Waals surface area contributed by atoms with Gasteiger partial charge in [0.25, 0.3) is 5.09 Å². The summed E-state index contributed by atoms with van der Waals surface area (Å²) >= 11 is 0. The maximum absolute atomic E-state index is 12.3. The lowest BCUT2D eigenvalue weighted by Crippen LogP contribution is -2.53. The predicted molar refractivity (Wildman–Crippen MR) is 89.1 cm³/mol. The SMILES string of the molecule is COC(=O)[C@H]1[C@@H](OC(=O)c2ccccc2)C[C@@H]2CC[C@H]1N2C.O=[N+]([O-])O. The molecule has 0 saturated carbocycles. The number of carbonyl (C=O) groups excluding carboxylic acids is 2. The number of benzene rings is 1. The molecule has 2 saturated heterocycles. The number of ether oxygens (including phenoxy) is 2. The first-order valence-corrected chi connectivity index (χ1v) is 8.24. The van der Waals surface area contributed by atoms with Gasteiger partial charge in [-0.2, -0.15) is 0 Å². The number of carbonyl (C=O) groups is 2. The van der Waals surface area contributed by atoms with E-state index in [0.717, 1.165) is 12.8 Å². The van der Waals surface area contributed by atoms with E-state index in [4.69, 9.17) is 24.8 Å². The summed E-state index contributed by atoms with van der Waals surface area (Å²) in [6.45, 7) is 0. The molecule has 2 aliphatic rings. The van der Waals surface area contributed by atoms with Crippen LogP contribution in [0.25, 0.3) is 0 Å². The Hall–Kier alpha value is -2.68. The Kier molecular flexibility index (Phi) is 6.51. The second-order valence-corrected chi connectivity index (χ2v) is 6.30. The smallest absolute Gasteiger partial charge is 0.338 e. The third kappa shape index (κ3) is 4.48. The lowest BCUT2D eigenvalue weighted by atomic mass is 9.87. The van der Waals surface area contributed by atoms with Crippen molar-refractivity contribution in [3.8, 4) is 0 Å². The molecule has 2 aliphatic heterocycles. The van der Waals surface area contributed by atoms with Crippen molar-refractivity contribution in [1.29, 1.82) is 0 Å². The zero-order valence-corrected chi connectivity index (χ0v) is 14.6. The monoisotopic (exact) mass is 366 g/mol. The number of esters is 2. The maximum Gasteiger partial charge on any atom is 0.338 e. The van der Waals surface area contributed by atoms with E-state index in [1.54, 1.807) is 24.3 Å².